The minimum atomic E-state index is -0.712. The summed E-state index contributed by atoms with van der Waals surface area (Å²) in [5.74, 6) is 0. The lowest BCUT2D eigenvalue weighted by Crippen LogP contribution is -2.41. The van der Waals surface area contributed by atoms with Crippen LogP contribution in [0.3, 0.4) is 0 Å². The van der Waals surface area contributed by atoms with Gasteiger partial charge in [-0.05, 0) is 47.0 Å². The summed E-state index contributed by atoms with van der Waals surface area (Å²) >= 11 is 9.09. The van der Waals surface area contributed by atoms with Crippen LogP contribution in [-0.4, -0.2) is 41.9 Å². The monoisotopic (exact) mass is 407 g/mol. The Kier molecular flexibility index (Phi) is 9.47. The van der Waals surface area contributed by atoms with Crippen molar-refractivity contribution in [3.05, 3.63) is 27.5 Å². The Hall–Kier alpha value is -0.890. The maximum atomic E-state index is 11.5. The van der Waals surface area contributed by atoms with E-state index in [1.807, 2.05) is 13.8 Å². The molecular formula is C15H23BrClN3O3. The van der Waals surface area contributed by atoms with Gasteiger partial charge in [0.15, 0.2) is 0 Å². The molecule has 130 valence electrons. The van der Waals surface area contributed by atoms with Crippen LogP contribution in [0.1, 0.15) is 38.4 Å². The second-order valence-electron chi connectivity index (χ2n) is 5.25. The van der Waals surface area contributed by atoms with Gasteiger partial charge < -0.3 is 20.5 Å². The van der Waals surface area contributed by atoms with Gasteiger partial charge in [0, 0.05) is 19.1 Å². The Labute approximate surface area is 150 Å². The summed E-state index contributed by atoms with van der Waals surface area (Å²) < 4.78 is 5.60. The van der Waals surface area contributed by atoms with E-state index in [0.29, 0.717) is 35.0 Å². The fraction of sp³-hybridized carbons (Fsp3) is 0.600. The van der Waals surface area contributed by atoms with Crippen molar-refractivity contribution in [1.29, 1.82) is 0 Å². The summed E-state index contributed by atoms with van der Waals surface area (Å²) in [6.45, 7) is 5.18. The molecule has 0 fully saturated rings. The van der Waals surface area contributed by atoms with Crippen molar-refractivity contribution in [3.8, 4) is 0 Å². The van der Waals surface area contributed by atoms with Crippen LogP contribution in [0.25, 0.3) is 0 Å². The lowest BCUT2D eigenvalue weighted by Gasteiger charge is -2.17. The zero-order valence-corrected chi connectivity index (χ0v) is 15.7. The third-order valence-electron chi connectivity index (χ3n) is 3.05. The number of hydrogen-bond acceptors (Lipinski definition) is 5. The van der Waals surface area contributed by atoms with Crippen molar-refractivity contribution in [2.24, 2.45) is 0 Å². The van der Waals surface area contributed by atoms with E-state index in [1.54, 1.807) is 12.1 Å². The van der Waals surface area contributed by atoms with Crippen LogP contribution in [0.2, 0.25) is 5.15 Å². The van der Waals surface area contributed by atoms with Gasteiger partial charge in [0.2, 0.25) is 0 Å². The fourth-order valence-electron chi connectivity index (χ4n) is 1.83. The summed E-state index contributed by atoms with van der Waals surface area (Å²) in [6.07, 6.45) is 0.710. The molecule has 1 unspecified atom stereocenters. The van der Waals surface area contributed by atoms with E-state index in [2.05, 4.69) is 31.5 Å². The smallest absolute Gasteiger partial charge is 0.407 e. The van der Waals surface area contributed by atoms with Gasteiger partial charge in [0.1, 0.15) is 9.76 Å². The number of ether oxygens (including phenoxy) is 1. The molecule has 0 aliphatic carbocycles. The first-order chi connectivity index (χ1) is 10.9. The third kappa shape index (κ3) is 8.50. The zero-order chi connectivity index (χ0) is 17.2. The van der Waals surface area contributed by atoms with Crippen LogP contribution in [0.4, 0.5) is 4.79 Å². The van der Waals surface area contributed by atoms with Gasteiger partial charge in [-0.15, -0.1) is 0 Å². The van der Waals surface area contributed by atoms with Crippen LogP contribution in [0, 0.1) is 0 Å². The van der Waals surface area contributed by atoms with Crippen molar-refractivity contribution >= 4 is 33.6 Å². The topological polar surface area (TPSA) is 83.5 Å². The van der Waals surface area contributed by atoms with E-state index >= 15 is 0 Å². The van der Waals surface area contributed by atoms with Crippen molar-refractivity contribution in [2.45, 2.75) is 38.8 Å². The highest BCUT2D eigenvalue weighted by atomic mass is 79.9. The molecule has 0 aliphatic rings. The number of nitrogens with one attached hydrogen (secondary N) is 2. The molecule has 1 rings (SSSR count). The Balaban J connectivity index is 2.28. The second kappa shape index (κ2) is 10.8. The quantitative estimate of drug-likeness (QED) is 0.432. The molecule has 0 radical (unpaired) electrons. The molecule has 1 aromatic rings. The normalized spacial score (nSPS) is 13.4. The van der Waals surface area contributed by atoms with E-state index in [-0.39, 0.29) is 6.04 Å². The number of amides is 1. The molecular weight excluding hydrogens is 386 g/mol. The van der Waals surface area contributed by atoms with Gasteiger partial charge >= 0.3 is 6.09 Å². The number of aliphatic hydroxyl groups is 1. The Bertz CT molecular complexity index is 485. The number of unbranched alkanes of at least 4 members (excludes halogenated alkanes) is 1. The molecule has 8 heteroatoms. The molecule has 0 bridgehead atoms. The van der Waals surface area contributed by atoms with Crippen LogP contribution in [-0.2, 0) is 4.74 Å². The van der Waals surface area contributed by atoms with Crippen molar-refractivity contribution in [3.63, 3.8) is 0 Å². The first-order valence-electron chi connectivity index (χ1n) is 7.57. The van der Waals surface area contributed by atoms with Gasteiger partial charge in [-0.2, -0.15) is 0 Å². The Morgan fingerprint density at radius 2 is 2.22 bits per heavy atom. The standard InChI is InChI=1S/C15H23BrClN3O3/c1-3-4-5-23-15(22)19-10(2)8-18-9-12(21)11-6-13(16)20-14(17)7-11/h6-7,10,12,18,21H,3-5,8-9H2,1-2H3,(H,19,22)/t10-,12?/m1/s1. The van der Waals surface area contributed by atoms with Gasteiger partial charge in [-0.1, -0.05) is 24.9 Å². The Morgan fingerprint density at radius 1 is 1.48 bits per heavy atom. The SMILES string of the molecule is CCCCOC(=O)N[C@H](C)CNCC(O)c1cc(Cl)nc(Br)c1. The van der Waals surface area contributed by atoms with Crippen LogP contribution in [0.15, 0.2) is 16.7 Å². The predicted octanol–water partition coefficient (Wildman–Crippen LogP) is 3.04. The molecule has 1 amide bonds. The summed E-state index contributed by atoms with van der Waals surface area (Å²) in [7, 11) is 0. The minimum absolute atomic E-state index is 0.107. The minimum Gasteiger partial charge on any atom is -0.450 e. The average Bonchev–Trinajstić information content (AvgIpc) is 2.46. The molecule has 1 aromatic heterocycles. The molecule has 0 saturated heterocycles. The maximum Gasteiger partial charge on any atom is 0.407 e. The lowest BCUT2D eigenvalue weighted by atomic mass is 10.1. The zero-order valence-electron chi connectivity index (χ0n) is 13.3. The number of hydrogen-bond donors (Lipinski definition) is 3. The number of alkyl carbamates (subject to hydrolysis) is 1. The highest BCUT2D eigenvalue weighted by Gasteiger charge is 2.12. The van der Waals surface area contributed by atoms with E-state index in [1.165, 1.54) is 0 Å². The highest BCUT2D eigenvalue weighted by Crippen LogP contribution is 2.20. The lowest BCUT2D eigenvalue weighted by molar-refractivity contribution is 0.140. The van der Waals surface area contributed by atoms with Gasteiger partial charge in [0.05, 0.1) is 12.7 Å². The number of nitrogens with zero attached hydrogens (tertiary/aromatic N) is 1. The number of aromatic nitrogens is 1. The number of carbonyl (C=O) groups excluding carboxylic acids is 1. The van der Waals surface area contributed by atoms with Crippen molar-refractivity contribution in [2.75, 3.05) is 19.7 Å². The summed E-state index contributed by atoms with van der Waals surface area (Å²) in [6, 6.07) is 3.22. The number of pyridine rings is 1. The molecule has 0 aromatic carbocycles. The maximum absolute atomic E-state index is 11.5. The number of aliphatic hydroxyl groups excluding tert-OH is 1. The van der Waals surface area contributed by atoms with Gasteiger partial charge in [-0.3, -0.25) is 0 Å². The Morgan fingerprint density at radius 3 is 2.87 bits per heavy atom. The molecule has 1 heterocycles. The number of carbonyl (C=O) groups is 1. The average molecular weight is 409 g/mol. The molecule has 6 nitrogen and oxygen atoms in total. The predicted molar refractivity (Wildman–Crippen MR) is 93.6 cm³/mol. The van der Waals surface area contributed by atoms with Crippen molar-refractivity contribution < 1.29 is 14.6 Å². The summed E-state index contributed by atoms with van der Waals surface area (Å²) in [5, 5.41) is 16.3. The van der Waals surface area contributed by atoms with Gasteiger partial charge in [0.25, 0.3) is 0 Å². The van der Waals surface area contributed by atoms with E-state index in [0.717, 1.165) is 12.8 Å². The number of rotatable bonds is 9. The second-order valence-corrected chi connectivity index (χ2v) is 6.45. The van der Waals surface area contributed by atoms with Crippen LogP contribution >= 0.6 is 27.5 Å². The van der Waals surface area contributed by atoms with Crippen LogP contribution in [0.5, 0.6) is 0 Å². The van der Waals surface area contributed by atoms with Gasteiger partial charge in [-0.25, -0.2) is 9.78 Å². The molecule has 0 spiro atoms. The highest BCUT2D eigenvalue weighted by molar-refractivity contribution is 9.10. The number of halogens is 2. The first kappa shape index (κ1) is 20.2. The van der Waals surface area contributed by atoms with Crippen LogP contribution < -0.4 is 10.6 Å². The fourth-order valence-corrected chi connectivity index (χ4v) is 2.61. The summed E-state index contributed by atoms with van der Waals surface area (Å²) in [4.78, 5) is 15.5. The molecule has 2 atom stereocenters. The van der Waals surface area contributed by atoms with E-state index in [9.17, 15) is 9.90 Å². The van der Waals surface area contributed by atoms with E-state index in [4.69, 9.17) is 16.3 Å². The van der Waals surface area contributed by atoms with E-state index < -0.39 is 12.2 Å². The molecule has 3 N–H and O–H groups in total. The van der Waals surface area contributed by atoms with Crippen molar-refractivity contribution in [1.82, 2.24) is 15.6 Å². The molecule has 0 saturated carbocycles. The molecule has 23 heavy (non-hydrogen) atoms. The largest absolute Gasteiger partial charge is 0.450 e. The third-order valence-corrected chi connectivity index (χ3v) is 3.65. The first-order valence-corrected chi connectivity index (χ1v) is 8.74. The molecule has 0 aliphatic heterocycles. The summed E-state index contributed by atoms with van der Waals surface area (Å²) in [5.41, 5.74) is 0.670.